The number of fused-ring (bicyclic) bond motifs is 1. The Kier molecular flexibility index (Phi) is 5.21. The summed E-state index contributed by atoms with van der Waals surface area (Å²) >= 11 is 0. The van der Waals surface area contributed by atoms with Crippen LogP contribution in [0.15, 0.2) is 30.5 Å². The number of amides is 1. The largest absolute Gasteiger partial charge is 0.371 e. The molecule has 0 aliphatic carbocycles. The van der Waals surface area contributed by atoms with Gasteiger partial charge in [0.1, 0.15) is 6.07 Å². The molecule has 0 saturated carbocycles. The van der Waals surface area contributed by atoms with Crippen molar-refractivity contribution in [1.82, 2.24) is 15.2 Å². The van der Waals surface area contributed by atoms with Gasteiger partial charge in [0.15, 0.2) is 0 Å². The molecular weight excluding hydrogens is 338 g/mol. The Morgan fingerprint density at radius 1 is 1.22 bits per heavy atom. The molecule has 1 aromatic carbocycles. The highest BCUT2D eigenvalue weighted by atomic mass is 16.1. The van der Waals surface area contributed by atoms with Crippen molar-refractivity contribution < 1.29 is 4.79 Å². The van der Waals surface area contributed by atoms with E-state index in [4.69, 9.17) is 0 Å². The van der Waals surface area contributed by atoms with Gasteiger partial charge in [-0.05, 0) is 56.6 Å². The van der Waals surface area contributed by atoms with Crippen molar-refractivity contribution in [3.63, 3.8) is 0 Å². The fraction of sp³-hybridized carbons (Fsp3) is 0.476. The molecule has 2 aromatic rings. The SMILES string of the molecule is N#Cc1ccc(N2CCC(C(=O)NCCN3CCC3)CC2)c2cccnc12. The van der Waals surface area contributed by atoms with Crippen LogP contribution in [0.2, 0.25) is 0 Å². The van der Waals surface area contributed by atoms with Gasteiger partial charge in [0.25, 0.3) is 0 Å². The van der Waals surface area contributed by atoms with E-state index in [0.29, 0.717) is 5.56 Å². The van der Waals surface area contributed by atoms with Crippen LogP contribution in [0.4, 0.5) is 5.69 Å². The minimum atomic E-state index is 0.0976. The number of anilines is 1. The lowest BCUT2D eigenvalue weighted by atomic mass is 9.95. The highest BCUT2D eigenvalue weighted by Gasteiger charge is 2.26. The van der Waals surface area contributed by atoms with Gasteiger partial charge in [-0.2, -0.15) is 5.26 Å². The van der Waals surface area contributed by atoms with Crippen LogP contribution in [0.25, 0.3) is 10.9 Å². The second kappa shape index (κ2) is 7.93. The first-order valence-electron chi connectivity index (χ1n) is 9.79. The Bertz CT molecular complexity index is 862. The molecule has 4 rings (SSSR count). The van der Waals surface area contributed by atoms with Gasteiger partial charge in [0.2, 0.25) is 5.91 Å². The van der Waals surface area contributed by atoms with Gasteiger partial charge >= 0.3 is 0 Å². The summed E-state index contributed by atoms with van der Waals surface area (Å²) in [5.41, 5.74) is 2.46. The van der Waals surface area contributed by atoms with Gasteiger partial charge in [0.05, 0.1) is 11.1 Å². The van der Waals surface area contributed by atoms with Gasteiger partial charge in [0, 0.05) is 49.4 Å². The van der Waals surface area contributed by atoms with E-state index in [1.54, 1.807) is 6.20 Å². The van der Waals surface area contributed by atoms with Crippen LogP contribution < -0.4 is 10.2 Å². The Hall–Kier alpha value is -2.65. The van der Waals surface area contributed by atoms with Crippen molar-refractivity contribution in [2.24, 2.45) is 5.92 Å². The predicted molar refractivity (Wildman–Crippen MR) is 105 cm³/mol. The second-order valence-corrected chi connectivity index (χ2v) is 7.39. The molecule has 0 spiro atoms. The first-order valence-corrected chi connectivity index (χ1v) is 9.79. The number of carbonyl (C=O) groups excluding carboxylic acids is 1. The molecule has 0 unspecified atom stereocenters. The van der Waals surface area contributed by atoms with E-state index in [-0.39, 0.29) is 11.8 Å². The van der Waals surface area contributed by atoms with E-state index in [1.165, 1.54) is 19.5 Å². The average Bonchev–Trinajstić information content (AvgIpc) is 2.69. The van der Waals surface area contributed by atoms with E-state index >= 15 is 0 Å². The maximum atomic E-state index is 12.4. The summed E-state index contributed by atoms with van der Waals surface area (Å²) in [4.78, 5) is 21.5. The minimum Gasteiger partial charge on any atom is -0.371 e. The zero-order valence-electron chi connectivity index (χ0n) is 15.5. The van der Waals surface area contributed by atoms with Crippen LogP contribution in [-0.4, -0.2) is 55.1 Å². The van der Waals surface area contributed by atoms with Gasteiger partial charge in [-0.1, -0.05) is 0 Å². The molecule has 6 heteroatoms. The number of benzene rings is 1. The van der Waals surface area contributed by atoms with Crippen molar-refractivity contribution in [3.05, 3.63) is 36.0 Å². The minimum absolute atomic E-state index is 0.0976. The number of aromatic nitrogens is 1. The molecule has 2 fully saturated rings. The molecular formula is C21H25N5O. The maximum Gasteiger partial charge on any atom is 0.223 e. The number of nitrogens with zero attached hydrogens (tertiary/aromatic N) is 4. The molecule has 0 atom stereocenters. The van der Waals surface area contributed by atoms with Crippen molar-refractivity contribution in [1.29, 1.82) is 5.26 Å². The highest BCUT2D eigenvalue weighted by molar-refractivity contribution is 5.95. The van der Waals surface area contributed by atoms with Crippen molar-refractivity contribution >= 4 is 22.5 Å². The number of carbonyl (C=O) groups is 1. The van der Waals surface area contributed by atoms with Crippen LogP contribution in [0.3, 0.4) is 0 Å². The van der Waals surface area contributed by atoms with Gasteiger partial charge < -0.3 is 15.1 Å². The molecule has 2 aliphatic rings. The molecule has 3 heterocycles. The van der Waals surface area contributed by atoms with Crippen molar-refractivity contribution in [3.8, 4) is 6.07 Å². The number of pyridine rings is 1. The lowest BCUT2D eigenvalue weighted by Gasteiger charge is -2.34. The van der Waals surface area contributed by atoms with Crippen LogP contribution in [0.1, 0.15) is 24.8 Å². The number of nitriles is 1. The summed E-state index contributed by atoms with van der Waals surface area (Å²) in [5.74, 6) is 0.293. The molecule has 0 bridgehead atoms. The third kappa shape index (κ3) is 3.74. The Morgan fingerprint density at radius 2 is 2.04 bits per heavy atom. The van der Waals surface area contributed by atoms with Crippen LogP contribution >= 0.6 is 0 Å². The Morgan fingerprint density at radius 3 is 2.74 bits per heavy atom. The van der Waals surface area contributed by atoms with E-state index in [9.17, 15) is 10.1 Å². The van der Waals surface area contributed by atoms with Crippen LogP contribution in [0, 0.1) is 17.2 Å². The molecule has 0 radical (unpaired) electrons. The maximum absolute atomic E-state index is 12.4. The Balaban J connectivity index is 1.37. The Labute approximate surface area is 159 Å². The van der Waals surface area contributed by atoms with Crippen molar-refractivity contribution in [2.75, 3.05) is 44.2 Å². The first-order chi connectivity index (χ1) is 13.3. The summed E-state index contributed by atoms with van der Waals surface area (Å²) in [6, 6.07) is 10.0. The molecule has 2 saturated heterocycles. The fourth-order valence-corrected chi connectivity index (χ4v) is 3.99. The van der Waals surface area contributed by atoms with Gasteiger partial charge in [-0.3, -0.25) is 9.78 Å². The van der Waals surface area contributed by atoms with E-state index in [1.807, 2.05) is 24.3 Å². The lowest BCUT2D eigenvalue weighted by molar-refractivity contribution is -0.125. The molecule has 140 valence electrons. The third-order valence-electron chi connectivity index (χ3n) is 5.75. The van der Waals surface area contributed by atoms with Crippen molar-refractivity contribution in [2.45, 2.75) is 19.3 Å². The number of nitrogens with one attached hydrogen (secondary N) is 1. The standard InChI is InChI=1S/C21H25N5O/c22-15-17-4-5-19(18-3-1-8-23-20(17)18)26-12-6-16(7-13-26)21(27)24-9-14-25-10-2-11-25/h1,3-5,8,16H,2,6-7,9-14H2,(H,24,27). The van der Waals surface area contributed by atoms with Gasteiger partial charge in [-0.15, -0.1) is 0 Å². The summed E-state index contributed by atoms with van der Waals surface area (Å²) in [6.45, 7) is 5.75. The summed E-state index contributed by atoms with van der Waals surface area (Å²) in [6.07, 6.45) is 4.73. The molecule has 6 nitrogen and oxygen atoms in total. The smallest absolute Gasteiger partial charge is 0.223 e. The zero-order valence-corrected chi connectivity index (χ0v) is 15.5. The third-order valence-corrected chi connectivity index (χ3v) is 5.75. The summed E-state index contributed by atoms with van der Waals surface area (Å²) in [7, 11) is 0. The van der Waals surface area contributed by atoms with Crippen LogP contribution in [0.5, 0.6) is 0 Å². The monoisotopic (exact) mass is 363 g/mol. The topological polar surface area (TPSA) is 72.3 Å². The summed E-state index contributed by atoms with van der Waals surface area (Å²) < 4.78 is 0. The molecule has 1 N–H and O–H groups in total. The van der Waals surface area contributed by atoms with Gasteiger partial charge in [-0.25, -0.2) is 0 Å². The average molecular weight is 363 g/mol. The number of hydrogen-bond donors (Lipinski definition) is 1. The first kappa shape index (κ1) is 17.7. The quantitative estimate of drug-likeness (QED) is 0.881. The lowest BCUT2D eigenvalue weighted by Crippen LogP contribution is -2.45. The van der Waals surface area contributed by atoms with E-state index in [0.717, 1.165) is 55.6 Å². The van der Waals surface area contributed by atoms with Crippen LogP contribution in [-0.2, 0) is 4.79 Å². The highest BCUT2D eigenvalue weighted by Crippen LogP contribution is 2.31. The zero-order chi connectivity index (χ0) is 18.6. The van der Waals surface area contributed by atoms with E-state index < -0.39 is 0 Å². The number of hydrogen-bond acceptors (Lipinski definition) is 5. The number of rotatable bonds is 5. The molecule has 27 heavy (non-hydrogen) atoms. The summed E-state index contributed by atoms with van der Waals surface area (Å²) in [5, 5.41) is 13.4. The fourth-order valence-electron chi connectivity index (χ4n) is 3.99. The molecule has 1 amide bonds. The van der Waals surface area contributed by atoms with E-state index in [2.05, 4.69) is 26.2 Å². The number of likely N-dealkylation sites (tertiary alicyclic amines) is 1. The predicted octanol–water partition coefficient (Wildman–Crippen LogP) is 2.14. The molecule has 2 aliphatic heterocycles. The molecule has 1 aromatic heterocycles. The second-order valence-electron chi connectivity index (χ2n) is 7.39. The number of piperidine rings is 1. The normalized spacial score (nSPS) is 18.1.